The van der Waals surface area contributed by atoms with Crippen molar-refractivity contribution in [1.82, 2.24) is 14.9 Å². The highest BCUT2D eigenvalue weighted by molar-refractivity contribution is 6.42. The lowest BCUT2D eigenvalue weighted by Gasteiger charge is -2.19. The van der Waals surface area contributed by atoms with Crippen molar-refractivity contribution in [2.45, 2.75) is 13.0 Å². The van der Waals surface area contributed by atoms with E-state index in [2.05, 4.69) is 10.3 Å². The number of carbonyl (C=O) groups excluding carboxylic acids is 2. The van der Waals surface area contributed by atoms with Crippen molar-refractivity contribution in [2.75, 3.05) is 0 Å². The molecule has 0 bridgehead atoms. The summed E-state index contributed by atoms with van der Waals surface area (Å²) in [5.74, 6) is -1.19. The maximum Gasteiger partial charge on any atom is 0.294 e. The first-order valence-electron chi connectivity index (χ1n) is 7.99. The number of Topliss-reactive ketones (excluding diaryl/α,β-unsaturated/α-hetero) is 1. The first-order valence-corrected chi connectivity index (χ1v) is 7.99. The summed E-state index contributed by atoms with van der Waals surface area (Å²) in [5.41, 5.74) is 3.26. The van der Waals surface area contributed by atoms with E-state index >= 15 is 0 Å². The van der Waals surface area contributed by atoms with Crippen molar-refractivity contribution in [2.24, 2.45) is 7.05 Å². The Morgan fingerprint density at radius 3 is 2.24 bits per heavy atom. The molecule has 0 aliphatic rings. The molecule has 0 aliphatic heterocycles. The first-order chi connectivity index (χ1) is 12.1. The number of aryl methyl sites for hydroxylation is 2. The Hall–Kier alpha value is -3.21. The van der Waals surface area contributed by atoms with E-state index in [4.69, 9.17) is 0 Å². The average Bonchev–Trinajstić information content (AvgIpc) is 3.06. The standard InChI is InChI=1S/C20H19N3O2/c1-14-5-7-15(8-6-14)18(16-9-11-21-12-10-16)22-20(25)19(24)17-4-3-13-23(17)2/h3-13,18H,1-2H3,(H,22,25). The van der Waals surface area contributed by atoms with E-state index in [0.717, 1.165) is 16.7 Å². The number of aromatic nitrogens is 2. The third kappa shape index (κ3) is 3.66. The highest BCUT2D eigenvalue weighted by Crippen LogP contribution is 2.22. The number of hydrogen-bond donors (Lipinski definition) is 1. The van der Waals surface area contributed by atoms with Gasteiger partial charge >= 0.3 is 0 Å². The van der Waals surface area contributed by atoms with Gasteiger partial charge in [-0.05, 0) is 42.3 Å². The molecule has 126 valence electrons. The van der Waals surface area contributed by atoms with E-state index in [1.54, 1.807) is 42.3 Å². The zero-order valence-corrected chi connectivity index (χ0v) is 14.1. The Morgan fingerprint density at radius 1 is 1.00 bits per heavy atom. The Morgan fingerprint density at radius 2 is 1.64 bits per heavy atom. The lowest BCUT2D eigenvalue weighted by molar-refractivity contribution is -0.117. The molecule has 1 unspecified atom stereocenters. The largest absolute Gasteiger partial charge is 0.348 e. The van der Waals surface area contributed by atoms with Crippen LogP contribution in [0.15, 0.2) is 67.1 Å². The molecular formula is C20H19N3O2. The van der Waals surface area contributed by atoms with Gasteiger partial charge in [0.05, 0.1) is 11.7 Å². The van der Waals surface area contributed by atoms with Crippen molar-refractivity contribution < 1.29 is 9.59 Å². The quantitative estimate of drug-likeness (QED) is 0.577. The van der Waals surface area contributed by atoms with Gasteiger partial charge in [0, 0.05) is 25.6 Å². The zero-order valence-electron chi connectivity index (χ0n) is 14.1. The van der Waals surface area contributed by atoms with Gasteiger partial charge in [0.2, 0.25) is 0 Å². The molecule has 2 heterocycles. The van der Waals surface area contributed by atoms with Crippen molar-refractivity contribution in [3.05, 3.63) is 89.5 Å². The Kier molecular flexibility index (Phi) is 4.75. The highest BCUT2D eigenvalue weighted by Gasteiger charge is 2.23. The molecule has 0 aliphatic carbocycles. The molecule has 3 rings (SSSR count). The van der Waals surface area contributed by atoms with E-state index in [0.29, 0.717) is 5.69 Å². The number of amides is 1. The van der Waals surface area contributed by atoms with Crippen molar-refractivity contribution >= 4 is 11.7 Å². The molecular weight excluding hydrogens is 314 g/mol. The number of rotatable bonds is 5. The molecule has 0 fully saturated rings. The van der Waals surface area contributed by atoms with Gasteiger partial charge in [0.25, 0.3) is 11.7 Å². The number of nitrogens with one attached hydrogen (secondary N) is 1. The van der Waals surface area contributed by atoms with Crippen LogP contribution >= 0.6 is 0 Å². The predicted molar refractivity (Wildman–Crippen MR) is 95.1 cm³/mol. The van der Waals surface area contributed by atoms with Gasteiger partial charge in [-0.3, -0.25) is 14.6 Å². The summed E-state index contributed by atoms with van der Waals surface area (Å²) in [6.45, 7) is 2.00. The number of carbonyl (C=O) groups is 2. The molecule has 1 atom stereocenters. The molecule has 5 heteroatoms. The fourth-order valence-electron chi connectivity index (χ4n) is 2.68. The smallest absolute Gasteiger partial charge is 0.294 e. The normalized spacial score (nSPS) is 11.8. The highest BCUT2D eigenvalue weighted by atomic mass is 16.2. The Bertz CT molecular complexity index is 883. The molecule has 5 nitrogen and oxygen atoms in total. The number of benzene rings is 1. The monoisotopic (exact) mass is 333 g/mol. The second-order valence-electron chi connectivity index (χ2n) is 5.93. The SMILES string of the molecule is Cc1ccc(C(NC(=O)C(=O)c2cccn2C)c2ccncc2)cc1. The van der Waals surface area contributed by atoms with Gasteiger partial charge < -0.3 is 9.88 Å². The van der Waals surface area contributed by atoms with Crippen LogP contribution in [0.2, 0.25) is 0 Å². The second kappa shape index (κ2) is 7.13. The summed E-state index contributed by atoms with van der Waals surface area (Å²) < 4.78 is 1.63. The minimum absolute atomic E-state index is 0.356. The molecule has 0 saturated carbocycles. The van der Waals surface area contributed by atoms with Crippen LogP contribution in [0.25, 0.3) is 0 Å². The van der Waals surface area contributed by atoms with Gasteiger partial charge in [-0.2, -0.15) is 0 Å². The molecule has 1 amide bonds. The summed E-state index contributed by atoms with van der Waals surface area (Å²) in [7, 11) is 1.74. The predicted octanol–water partition coefficient (Wildman–Crippen LogP) is 2.82. The fourth-order valence-corrected chi connectivity index (χ4v) is 2.68. The van der Waals surface area contributed by atoms with Crippen LogP contribution < -0.4 is 5.32 Å². The molecule has 1 N–H and O–H groups in total. The van der Waals surface area contributed by atoms with Gasteiger partial charge in [0.15, 0.2) is 0 Å². The number of ketones is 1. The van der Waals surface area contributed by atoms with E-state index in [-0.39, 0.29) is 0 Å². The Labute approximate surface area is 146 Å². The Balaban J connectivity index is 1.90. The fraction of sp³-hybridized carbons (Fsp3) is 0.150. The van der Waals surface area contributed by atoms with E-state index in [1.807, 2.05) is 43.3 Å². The lowest BCUT2D eigenvalue weighted by Crippen LogP contribution is -2.35. The van der Waals surface area contributed by atoms with E-state index in [9.17, 15) is 9.59 Å². The summed E-state index contributed by atoms with van der Waals surface area (Å²) in [5, 5.41) is 2.85. The lowest BCUT2D eigenvalue weighted by atomic mass is 9.98. The number of pyridine rings is 1. The second-order valence-corrected chi connectivity index (χ2v) is 5.93. The molecule has 2 aromatic heterocycles. The topological polar surface area (TPSA) is 64.0 Å². The maximum atomic E-state index is 12.5. The van der Waals surface area contributed by atoms with Crippen molar-refractivity contribution in [3.8, 4) is 0 Å². The summed E-state index contributed by atoms with van der Waals surface area (Å²) in [6.07, 6.45) is 5.07. The molecule has 1 aromatic carbocycles. The summed E-state index contributed by atoms with van der Waals surface area (Å²) >= 11 is 0. The summed E-state index contributed by atoms with van der Waals surface area (Å²) in [6, 6.07) is 14.5. The van der Waals surface area contributed by atoms with Crippen LogP contribution in [-0.2, 0) is 11.8 Å². The minimum Gasteiger partial charge on any atom is -0.348 e. The third-order valence-corrected chi connectivity index (χ3v) is 4.11. The maximum absolute atomic E-state index is 12.5. The van der Waals surface area contributed by atoms with Crippen molar-refractivity contribution in [3.63, 3.8) is 0 Å². The van der Waals surface area contributed by atoms with E-state index in [1.165, 1.54) is 0 Å². The third-order valence-electron chi connectivity index (χ3n) is 4.11. The number of nitrogens with zero attached hydrogens (tertiary/aromatic N) is 2. The van der Waals surface area contributed by atoms with Gasteiger partial charge in [-0.15, -0.1) is 0 Å². The zero-order chi connectivity index (χ0) is 17.8. The summed E-state index contributed by atoms with van der Waals surface area (Å²) in [4.78, 5) is 29.0. The average molecular weight is 333 g/mol. The van der Waals surface area contributed by atoms with E-state index < -0.39 is 17.7 Å². The molecule has 0 saturated heterocycles. The van der Waals surface area contributed by atoms with Crippen LogP contribution in [0.5, 0.6) is 0 Å². The van der Waals surface area contributed by atoms with Gasteiger partial charge in [0.1, 0.15) is 0 Å². The molecule has 0 radical (unpaired) electrons. The number of hydrogen-bond acceptors (Lipinski definition) is 3. The van der Waals surface area contributed by atoms with Crippen LogP contribution in [-0.4, -0.2) is 21.2 Å². The first kappa shape index (κ1) is 16.6. The van der Waals surface area contributed by atoms with Gasteiger partial charge in [-0.1, -0.05) is 29.8 Å². The molecule has 0 spiro atoms. The van der Waals surface area contributed by atoms with Crippen LogP contribution in [0.4, 0.5) is 0 Å². The van der Waals surface area contributed by atoms with Crippen LogP contribution in [0, 0.1) is 6.92 Å². The molecule has 3 aromatic rings. The van der Waals surface area contributed by atoms with Gasteiger partial charge in [-0.25, -0.2) is 0 Å². The minimum atomic E-state index is -0.635. The van der Waals surface area contributed by atoms with Crippen molar-refractivity contribution in [1.29, 1.82) is 0 Å². The van der Waals surface area contributed by atoms with Crippen LogP contribution in [0.1, 0.15) is 33.2 Å². The molecule has 25 heavy (non-hydrogen) atoms. The van der Waals surface area contributed by atoms with Crippen LogP contribution in [0.3, 0.4) is 0 Å².